The Morgan fingerprint density at radius 2 is 1.65 bits per heavy atom. The minimum atomic E-state index is -0.859. The summed E-state index contributed by atoms with van der Waals surface area (Å²) in [7, 11) is 0. The van der Waals surface area contributed by atoms with Gasteiger partial charge in [-0.15, -0.1) is 11.8 Å². The van der Waals surface area contributed by atoms with Crippen molar-refractivity contribution in [2.75, 3.05) is 6.26 Å². The molecule has 0 saturated heterocycles. The summed E-state index contributed by atoms with van der Waals surface area (Å²) in [5, 5.41) is 10.7. The third-order valence-corrected chi connectivity index (χ3v) is 4.56. The maximum Gasteiger partial charge on any atom is 0.123 e. The molecule has 116 valence electrons. The molecular formula is C20H17FOS. The zero-order chi connectivity index (χ0) is 16.2. The average molecular weight is 324 g/mol. The molecule has 0 aromatic heterocycles. The Hall–Kier alpha value is -2.10. The molecule has 0 amide bonds. The highest BCUT2D eigenvalue weighted by molar-refractivity contribution is 7.98. The zero-order valence-electron chi connectivity index (χ0n) is 12.7. The van der Waals surface area contributed by atoms with Gasteiger partial charge in [-0.25, -0.2) is 4.39 Å². The maximum absolute atomic E-state index is 13.4. The molecule has 1 N–H and O–H groups in total. The van der Waals surface area contributed by atoms with Crippen LogP contribution in [-0.4, -0.2) is 11.4 Å². The van der Waals surface area contributed by atoms with Crippen molar-refractivity contribution in [3.63, 3.8) is 0 Å². The fourth-order valence-electron chi connectivity index (χ4n) is 2.63. The van der Waals surface area contributed by atoms with E-state index in [9.17, 15) is 9.50 Å². The molecule has 0 aliphatic heterocycles. The van der Waals surface area contributed by atoms with E-state index in [2.05, 4.69) is 12.1 Å². The molecule has 0 bridgehead atoms. The van der Waals surface area contributed by atoms with E-state index in [1.807, 2.05) is 42.7 Å². The summed E-state index contributed by atoms with van der Waals surface area (Å²) in [6.45, 7) is 0. The number of thioether (sulfide) groups is 1. The Balaban J connectivity index is 2.03. The Morgan fingerprint density at radius 1 is 0.913 bits per heavy atom. The number of aliphatic hydroxyl groups excluding tert-OH is 1. The van der Waals surface area contributed by atoms with Gasteiger partial charge in [-0.2, -0.15) is 0 Å². The van der Waals surface area contributed by atoms with Crippen LogP contribution in [0.25, 0.3) is 11.1 Å². The summed E-state index contributed by atoms with van der Waals surface area (Å²) in [5.41, 5.74) is 3.32. The van der Waals surface area contributed by atoms with Crippen molar-refractivity contribution in [1.29, 1.82) is 0 Å². The van der Waals surface area contributed by atoms with Crippen molar-refractivity contribution in [3.05, 3.63) is 89.7 Å². The van der Waals surface area contributed by atoms with E-state index in [-0.39, 0.29) is 5.82 Å². The summed E-state index contributed by atoms with van der Waals surface area (Å²) >= 11 is 1.69. The molecule has 1 nitrogen and oxygen atoms in total. The smallest absolute Gasteiger partial charge is 0.123 e. The number of halogens is 1. The lowest BCUT2D eigenvalue weighted by Gasteiger charge is -2.16. The molecular weight excluding hydrogens is 307 g/mol. The first kappa shape index (κ1) is 15.8. The molecule has 0 aliphatic carbocycles. The van der Waals surface area contributed by atoms with E-state index in [1.165, 1.54) is 17.0 Å². The Bertz CT molecular complexity index is 799. The standard InChI is InChI=1S/C20H17FOS/c1-23-17-11-9-14(10-12-17)18-7-2-3-8-19(18)20(22)15-5-4-6-16(21)13-15/h2-13,20,22H,1H3/t20-/m0/s1. The van der Waals surface area contributed by atoms with E-state index in [4.69, 9.17) is 0 Å². The van der Waals surface area contributed by atoms with Crippen LogP contribution >= 0.6 is 11.8 Å². The highest BCUT2D eigenvalue weighted by Crippen LogP contribution is 2.32. The first-order valence-electron chi connectivity index (χ1n) is 7.36. The quantitative estimate of drug-likeness (QED) is 0.657. The lowest BCUT2D eigenvalue weighted by atomic mass is 9.93. The van der Waals surface area contributed by atoms with Gasteiger partial charge in [-0.05, 0) is 52.8 Å². The molecule has 0 saturated carbocycles. The van der Waals surface area contributed by atoms with Gasteiger partial charge in [0, 0.05) is 4.90 Å². The van der Waals surface area contributed by atoms with Crippen LogP contribution in [0.5, 0.6) is 0 Å². The van der Waals surface area contributed by atoms with Crippen LogP contribution in [0.4, 0.5) is 4.39 Å². The average Bonchev–Trinajstić information content (AvgIpc) is 2.61. The lowest BCUT2D eigenvalue weighted by molar-refractivity contribution is 0.220. The third-order valence-electron chi connectivity index (χ3n) is 3.82. The van der Waals surface area contributed by atoms with Crippen LogP contribution in [0.3, 0.4) is 0 Å². The van der Waals surface area contributed by atoms with Crippen LogP contribution in [0.1, 0.15) is 17.2 Å². The molecule has 23 heavy (non-hydrogen) atoms. The fraction of sp³-hybridized carbons (Fsp3) is 0.100. The van der Waals surface area contributed by atoms with Crippen LogP contribution in [0.15, 0.2) is 77.7 Å². The normalized spacial score (nSPS) is 12.1. The van der Waals surface area contributed by atoms with Gasteiger partial charge in [0.15, 0.2) is 0 Å². The molecule has 0 unspecified atom stereocenters. The van der Waals surface area contributed by atoms with Gasteiger partial charge in [-0.3, -0.25) is 0 Å². The third kappa shape index (κ3) is 3.46. The fourth-order valence-corrected chi connectivity index (χ4v) is 3.03. The Kier molecular flexibility index (Phi) is 4.79. The van der Waals surface area contributed by atoms with Gasteiger partial charge in [0.1, 0.15) is 11.9 Å². The molecule has 0 heterocycles. The van der Waals surface area contributed by atoms with Gasteiger partial charge in [-0.1, -0.05) is 48.5 Å². The number of benzene rings is 3. The Labute approximate surface area is 139 Å². The van der Waals surface area contributed by atoms with Crippen molar-refractivity contribution in [2.45, 2.75) is 11.0 Å². The van der Waals surface area contributed by atoms with E-state index in [1.54, 1.807) is 23.9 Å². The Morgan fingerprint density at radius 3 is 2.35 bits per heavy atom. The summed E-state index contributed by atoms with van der Waals surface area (Å²) < 4.78 is 13.4. The minimum Gasteiger partial charge on any atom is -0.384 e. The maximum atomic E-state index is 13.4. The van der Waals surface area contributed by atoms with Crippen LogP contribution in [-0.2, 0) is 0 Å². The second-order valence-corrected chi connectivity index (χ2v) is 6.15. The van der Waals surface area contributed by atoms with Crippen molar-refractivity contribution in [3.8, 4) is 11.1 Å². The first-order valence-corrected chi connectivity index (χ1v) is 8.58. The predicted octanol–water partition coefficient (Wildman–Crippen LogP) is 5.30. The second-order valence-electron chi connectivity index (χ2n) is 5.27. The SMILES string of the molecule is CSc1ccc(-c2ccccc2[C@@H](O)c2cccc(F)c2)cc1. The van der Waals surface area contributed by atoms with Crippen LogP contribution in [0.2, 0.25) is 0 Å². The number of hydrogen-bond donors (Lipinski definition) is 1. The minimum absolute atomic E-state index is 0.344. The van der Waals surface area contributed by atoms with Gasteiger partial charge in [0.05, 0.1) is 0 Å². The molecule has 3 aromatic rings. The van der Waals surface area contributed by atoms with Crippen LogP contribution < -0.4 is 0 Å². The molecule has 0 radical (unpaired) electrons. The highest BCUT2D eigenvalue weighted by atomic mass is 32.2. The van der Waals surface area contributed by atoms with Gasteiger partial charge in [0.25, 0.3) is 0 Å². The molecule has 3 aromatic carbocycles. The molecule has 3 heteroatoms. The summed E-state index contributed by atoms with van der Waals surface area (Å²) in [4.78, 5) is 1.19. The summed E-state index contributed by atoms with van der Waals surface area (Å²) in [5.74, 6) is -0.344. The lowest BCUT2D eigenvalue weighted by Crippen LogP contribution is -2.02. The van der Waals surface area contributed by atoms with Crippen molar-refractivity contribution in [2.24, 2.45) is 0 Å². The molecule has 0 spiro atoms. The second kappa shape index (κ2) is 6.99. The van der Waals surface area contributed by atoms with E-state index in [0.29, 0.717) is 5.56 Å². The van der Waals surface area contributed by atoms with Crippen molar-refractivity contribution >= 4 is 11.8 Å². The molecule has 0 fully saturated rings. The topological polar surface area (TPSA) is 20.2 Å². The number of aliphatic hydroxyl groups is 1. The van der Waals surface area contributed by atoms with Crippen molar-refractivity contribution < 1.29 is 9.50 Å². The van der Waals surface area contributed by atoms with Gasteiger partial charge < -0.3 is 5.11 Å². The van der Waals surface area contributed by atoms with Gasteiger partial charge in [0.2, 0.25) is 0 Å². The van der Waals surface area contributed by atoms with Crippen molar-refractivity contribution in [1.82, 2.24) is 0 Å². The summed E-state index contributed by atoms with van der Waals surface area (Å²) in [6.07, 6.45) is 1.18. The van der Waals surface area contributed by atoms with Gasteiger partial charge >= 0.3 is 0 Å². The van der Waals surface area contributed by atoms with E-state index < -0.39 is 6.10 Å². The zero-order valence-corrected chi connectivity index (χ0v) is 13.6. The largest absolute Gasteiger partial charge is 0.384 e. The highest BCUT2D eigenvalue weighted by Gasteiger charge is 2.15. The number of hydrogen-bond acceptors (Lipinski definition) is 2. The molecule has 0 aliphatic rings. The molecule has 3 rings (SSSR count). The summed E-state index contributed by atoms with van der Waals surface area (Å²) in [6, 6.07) is 22.0. The first-order chi connectivity index (χ1) is 11.2. The van der Waals surface area contributed by atoms with E-state index >= 15 is 0 Å². The molecule has 1 atom stereocenters. The van der Waals surface area contributed by atoms with E-state index in [0.717, 1.165) is 16.7 Å². The predicted molar refractivity (Wildman–Crippen MR) is 94.1 cm³/mol. The monoisotopic (exact) mass is 324 g/mol. The number of rotatable bonds is 4. The van der Waals surface area contributed by atoms with Crippen LogP contribution in [0, 0.1) is 5.82 Å².